The number of hydrogen-bond donors (Lipinski definition) is 1. The molecule has 0 aliphatic rings. The number of halogens is 2. The summed E-state index contributed by atoms with van der Waals surface area (Å²) in [5.74, 6) is -0.673. The third kappa shape index (κ3) is 3.23. The molecule has 0 heterocycles. The Morgan fingerprint density at radius 1 is 0.714 bits per heavy atom. The average molecular weight is 290 g/mol. The van der Waals surface area contributed by atoms with E-state index in [1.54, 1.807) is 12.1 Å². The number of hydrogen-bond acceptors (Lipinski definition) is 1. The Morgan fingerprint density at radius 2 is 1.10 bits per heavy atom. The van der Waals surface area contributed by atoms with Gasteiger partial charge in [-0.25, -0.2) is 8.78 Å². The number of phenols is 1. The van der Waals surface area contributed by atoms with Gasteiger partial charge in [-0.3, -0.25) is 0 Å². The van der Waals surface area contributed by atoms with Crippen LogP contribution in [0.25, 0.3) is 11.1 Å². The summed E-state index contributed by atoms with van der Waals surface area (Å²) in [5, 5.41) is 10.4. The summed E-state index contributed by atoms with van der Waals surface area (Å²) in [5.41, 5.74) is 2.79. The van der Waals surface area contributed by atoms with Crippen LogP contribution in [0.2, 0.25) is 0 Å². The monoisotopic (exact) mass is 290 g/mol. The van der Waals surface area contributed by atoms with Crippen LogP contribution in [0.4, 0.5) is 8.78 Å². The Morgan fingerprint density at radius 3 is 1.48 bits per heavy atom. The van der Waals surface area contributed by atoms with Crippen molar-refractivity contribution < 1.29 is 13.9 Å². The molecule has 1 N–H and O–H groups in total. The van der Waals surface area contributed by atoms with Gasteiger partial charge >= 0.3 is 0 Å². The smallest absolute Gasteiger partial charge is 0.126 e. The molecule has 0 saturated carbocycles. The largest absolute Gasteiger partial charge is 0.507 e. The van der Waals surface area contributed by atoms with E-state index in [-0.39, 0.29) is 17.6 Å². The second kappa shape index (κ2) is 5.84. The van der Waals surface area contributed by atoms with Gasteiger partial charge in [-0.1, -0.05) is 27.7 Å². The van der Waals surface area contributed by atoms with Crippen LogP contribution in [0.15, 0.2) is 30.3 Å². The van der Waals surface area contributed by atoms with Crippen LogP contribution in [0.1, 0.15) is 50.7 Å². The Balaban J connectivity index is 2.68. The van der Waals surface area contributed by atoms with E-state index < -0.39 is 11.6 Å². The van der Waals surface area contributed by atoms with Crippen molar-refractivity contribution in [2.75, 3.05) is 0 Å². The molecule has 0 amide bonds. The summed E-state index contributed by atoms with van der Waals surface area (Å²) in [6, 6.07) is 7.09. The second-order valence-electron chi connectivity index (χ2n) is 5.97. The maximum Gasteiger partial charge on any atom is 0.126 e. The molecular formula is C18H20F2O. The van der Waals surface area contributed by atoms with E-state index in [0.29, 0.717) is 5.56 Å². The Labute approximate surface area is 124 Å². The molecule has 21 heavy (non-hydrogen) atoms. The van der Waals surface area contributed by atoms with Gasteiger partial charge in [0, 0.05) is 6.07 Å². The Hall–Kier alpha value is -1.90. The first-order chi connectivity index (χ1) is 9.79. The molecule has 0 unspecified atom stereocenters. The van der Waals surface area contributed by atoms with Crippen molar-refractivity contribution in [2.45, 2.75) is 39.5 Å². The van der Waals surface area contributed by atoms with Gasteiger partial charge in [0.25, 0.3) is 0 Å². The van der Waals surface area contributed by atoms with E-state index in [4.69, 9.17) is 0 Å². The van der Waals surface area contributed by atoms with Crippen molar-refractivity contribution >= 4 is 0 Å². The van der Waals surface area contributed by atoms with Gasteiger partial charge in [0.15, 0.2) is 0 Å². The molecule has 0 radical (unpaired) electrons. The zero-order chi connectivity index (χ0) is 15.7. The van der Waals surface area contributed by atoms with E-state index in [0.717, 1.165) is 22.8 Å². The lowest BCUT2D eigenvalue weighted by atomic mass is 9.89. The molecule has 0 bridgehead atoms. The zero-order valence-corrected chi connectivity index (χ0v) is 12.7. The zero-order valence-electron chi connectivity index (χ0n) is 12.7. The summed E-state index contributed by atoms with van der Waals surface area (Å²) in [7, 11) is 0. The lowest BCUT2D eigenvalue weighted by Crippen LogP contribution is -1.97. The summed E-state index contributed by atoms with van der Waals surface area (Å²) < 4.78 is 26.8. The average Bonchev–Trinajstić information content (AvgIpc) is 2.36. The highest BCUT2D eigenvalue weighted by Crippen LogP contribution is 2.38. The maximum atomic E-state index is 13.4. The Kier molecular flexibility index (Phi) is 4.31. The highest BCUT2D eigenvalue weighted by Gasteiger charge is 2.16. The minimum absolute atomic E-state index is 0.126. The fourth-order valence-electron chi connectivity index (χ4n) is 2.45. The molecule has 0 fully saturated rings. The first-order valence-electron chi connectivity index (χ1n) is 7.13. The summed E-state index contributed by atoms with van der Waals surface area (Å²) >= 11 is 0. The van der Waals surface area contributed by atoms with Crippen LogP contribution in [-0.4, -0.2) is 5.11 Å². The summed E-state index contributed by atoms with van der Waals surface area (Å²) in [6.45, 7) is 7.92. The molecule has 0 aromatic heterocycles. The van der Waals surface area contributed by atoms with Crippen LogP contribution >= 0.6 is 0 Å². The second-order valence-corrected chi connectivity index (χ2v) is 5.97. The lowest BCUT2D eigenvalue weighted by molar-refractivity contribution is 0.454. The minimum Gasteiger partial charge on any atom is -0.507 e. The van der Waals surface area contributed by atoms with Crippen molar-refractivity contribution in [1.82, 2.24) is 0 Å². The molecule has 2 aromatic carbocycles. The minimum atomic E-state index is -0.602. The highest BCUT2D eigenvalue weighted by atomic mass is 19.1. The van der Waals surface area contributed by atoms with Gasteiger partial charge in [-0.05, 0) is 58.4 Å². The van der Waals surface area contributed by atoms with Crippen LogP contribution in [-0.2, 0) is 0 Å². The van der Waals surface area contributed by atoms with Crippen LogP contribution in [0.3, 0.4) is 0 Å². The lowest BCUT2D eigenvalue weighted by Gasteiger charge is -2.17. The fourth-order valence-corrected chi connectivity index (χ4v) is 2.45. The first-order valence-corrected chi connectivity index (χ1v) is 7.13. The van der Waals surface area contributed by atoms with Crippen molar-refractivity contribution in [3.05, 3.63) is 53.1 Å². The molecule has 0 aliphatic heterocycles. The van der Waals surface area contributed by atoms with Crippen molar-refractivity contribution in [3.8, 4) is 16.9 Å². The van der Waals surface area contributed by atoms with Crippen molar-refractivity contribution in [2.24, 2.45) is 0 Å². The van der Waals surface area contributed by atoms with Crippen molar-refractivity contribution in [1.29, 1.82) is 0 Å². The van der Waals surface area contributed by atoms with E-state index in [1.165, 1.54) is 12.1 Å². The molecule has 1 nitrogen and oxygen atoms in total. The predicted octanol–water partition coefficient (Wildman–Crippen LogP) is 5.58. The van der Waals surface area contributed by atoms with E-state index in [1.807, 2.05) is 27.7 Å². The topological polar surface area (TPSA) is 20.2 Å². The van der Waals surface area contributed by atoms with Gasteiger partial charge in [0.2, 0.25) is 0 Å². The van der Waals surface area contributed by atoms with Gasteiger partial charge in [-0.15, -0.1) is 0 Å². The van der Waals surface area contributed by atoms with E-state index in [2.05, 4.69) is 0 Å². The molecule has 0 spiro atoms. The third-order valence-corrected chi connectivity index (χ3v) is 3.61. The molecular weight excluding hydrogens is 270 g/mol. The molecule has 3 heteroatoms. The quantitative estimate of drug-likeness (QED) is 0.782. The Bertz CT molecular complexity index is 611. The molecule has 2 aromatic rings. The number of benzene rings is 2. The van der Waals surface area contributed by atoms with E-state index in [9.17, 15) is 13.9 Å². The number of phenolic OH excluding ortho intramolecular Hbond substituents is 1. The van der Waals surface area contributed by atoms with Crippen molar-refractivity contribution in [3.63, 3.8) is 0 Å². The highest BCUT2D eigenvalue weighted by molar-refractivity contribution is 5.68. The van der Waals surface area contributed by atoms with Crippen LogP contribution < -0.4 is 0 Å². The third-order valence-electron chi connectivity index (χ3n) is 3.61. The SMILES string of the molecule is CC(C)c1cc(-c2cc(F)cc(F)c2)cc(C(C)C)c1O. The fraction of sp³-hybridized carbons (Fsp3) is 0.333. The van der Waals surface area contributed by atoms with Gasteiger partial charge in [0.05, 0.1) is 0 Å². The summed E-state index contributed by atoms with van der Waals surface area (Å²) in [4.78, 5) is 0. The van der Waals surface area contributed by atoms with Crippen LogP contribution in [0, 0.1) is 11.6 Å². The number of aromatic hydroxyl groups is 1. The molecule has 2 rings (SSSR count). The first kappa shape index (κ1) is 15.5. The maximum absolute atomic E-state index is 13.4. The van der Waals surface area contributed by atoms with Gasteiger partial charge in [-0.2, -0.15) is 0 Å². The molecule has 0 atom stereocenters. The van der Waals surface area contributed by atoms with E-state index >= 15 is 0 Å². The van der Waals surface area contributed by atoms with Gasteiger partial charge in [0.1, 0.15) is 17.4 Å². The predicted molar refractivity (Wildman–Crippen MR) is 81.6 cm³/mol. The van der Waals surface area contributed by atoms with Gasteiger partial charge < -0.3 is 5.11 Å². The summed E-state index contributed by atoms with van der Waals surface area (Å²) in [6.07, 6.45) is 0. The molecule has 0 aliphatic carbocycles. The normalized spacial score (nSPS) is 11.4. The standard InChI is InChI=1S/C18H20F2O/c1-10(2)16-7-13(8-17(11(3)4)18(16)21)12-5-14(19)9-15(20)6-12/h5-11,21H,1-4H3. The van der Waals surface area contributed by atoms with Crippen LogP contribution in [0.5, 0.6) is 5.75 Å². The number of rotatable bonds is 3. The molecule has 0 saturated heterocycles. The molecule has 112 valence electrons.